The van der Waals surface area contributed by atoms with Gasteiger partial charge in [-0.3, -0.25) is 0 Å². The van der Waals surface area contributed by atoms with Gasteiger partial charge in [-0.25, -0.2) is 18.6 Å². The molecule has 4 rings (SSSR count). The molecule has 2 saturated carbocycles. The van der Waals surface area contributed by atoms with Crippen molar-refractivity contribution in [2.75, 3.05) is 31.2 Å². The van der Waals surface area contributed by atoms with Gasteiger partial charge in [-0.05, 0) is 37.5 Å². The van der Waals surface area contributed by atoms with Crippen LogP contribution in [0.1, 0.15) is 25.7 Å². The predicted octanol–water partition coefficient (Wildman–Crippen LogP) is 1.58. The zero-order valence-corrected chi connectivity index (χ0v) is 14.7. The van der Waals surface area contributed by atoms with Crippen molar-refractivity contribution < 1.29 is 28.2 Å². The Morgan fingerprint density at radius 3 is 2.70 bits per heavy atom. The third-order valence-corrected chi connectivity index (χ3v) is 4.89. The summed E-state index contributed by atoms with van der Waals surface area (Å²) in [5.41, 5.74) is 0. The van der Waals surface area contributed by atoms with Crippen LogP contribution < -0.4 is 19.7 Å². The molecular formula is C17H22F2N4O4. The molecule has 1 aliphatic heterocycles. The van der Waals surface area contributed by atoms with Crippen molar-refractivity contribution in [2.45, 2.75) is 37.6 Å². The van der Waals surface area contributed by atoms with E-state index >= 15 is 0 Å². The van der Waals surface area contributed by atoms with E-state index in [1.54, 1.807) is 0 Å². The maximum atomic E-state index is 13.2. The number of halogens is 2. The van der Waals surface area contributed by atoms with E-state index in [2.05, 4.69) is 15.3 Å². The Labute approximate surface area is 154 Å². The SMILES string of the molecule is O=C(NC(CO)C1CC1)Oc1cnc(N2CC(F)(F)C2)c(OCC2CC2)n1. The lowest BCUT2D eigenvalue weighted by atomic mass is 10.1. The number of amides is 1. The molecule has 1 unspecified atom stereocenters. The Morgan fingerprint density at radius 1 is 1.37 bits per heavy atom. The number of aliphatic hydroxyl groups is 1. The first-order valence-corrected chi connectivity index (χ1v) is 9.15. The molecule has 2 N–H and O–H groups in total. The lowest BCUT2D eigenvalue weighted by molar-refractivity contribution is -0.0270. The first-order chi connectivity index (χ1) is 12.9. The Bertz CT molecular complexity index is 704. The summed E-state index contributed by atoms with van der Waals surface area (Å²) in [6.45, 7) is -0.622. The first kappa shape index (κ1) is 18.1. The van der Waals surface area contributed by atoms with Gasteiger partial charge in [0.05, 0.1) is 38.5 Å². The third-order valence-electron chi connectivity index (χ3n) is 4.89. The quantitative estimate of drug-likeness (QED) is 0.702. The summed E-state index contributed by atoms with van der Waals surface area (Å²) in [5.74, 6) is -1.81. The minimum absolute atomic E-state index is 0.0817. The molecule has 3 fully saturated rings. The van der Waals surface area contributed by atoms with Gasteiger partial charge in [0, 0.05) is 0 Å². The molecule has 1 aromatic rings. The van der Waals surface area contributed by atoms with Gasteiger partial charge < -0.3 is 24.8 Å². The number of carbonyl (C=O) groups excluding carboxylic acids is 1. The van der Waals surface area contributed by atoms with Crippen LogP contribution in [-0.4, -0.2) is 59.4 Å². The summed E-state index contributed by atoms with van der Waals surface area (Å²) in [6.07, 6.45) is 4.51. The number of aromatic nitrogens is 2. The largest absolute Gasteiger partial charge is 0.475 e. The third kappa shape index (κ3) is 4.55. The van der Waals surface area contributed by atoms with Crippen molar-refractivity contribution >= 4 is 11.9 Å². The lowest BCUT2D eigenvalue weighted by Crippen LogP contribution is -2.56. The summed E-state index contributed by atoms with van der Waals surface area (Å²) in [7, 11) is 0. The number of alkyl halides is 2. The molecule has 1 amide bonds. The maximum absolute atomic E-state index is 13.2. The average molecular weight is 384 g/mol. The second-order valence-corrected chi connectivity index (χ2v) is 7.46. The van der Waals surface area contributed by atoms with Crippen LogP contribution >= 0.6 is 0 Å². The van der Waals surface area contributed by atoms with Gasteiger partial charge in [0.1, 0.15) is 0 Å². The average Bonchev–Trinajstić information content (AvgIpc) is 3.49. The summed E-state index contributed by atoms with van der Waals surface area (Å²) >= 11 is 0. The standard InChI is InChI=1S/C17H22F2N4O4/c18-17(19)8-23(9-17)14-15(26-7-10-1-2-10)22-13(5-20-14)27-16(25)21-12(6-24)11-3-4-11/h5,10-12,24H,1-4,6-9H2,(H,21,25). The van der Waals surface area contributed by atoms with Gasteiger partial charge in [0.25, 0.3) is 11.8 Å². The number of ether oxygens (including phenoxy) is 2. The van der Waals surface area contributed by atoms with Crippen molar-refractivity contribution in [1.82, 2.24) is 15.3 Å². The summed E-state index contributed by atoms with van der Waals surface area (Å²) in [4.78, 5) is 21.6. The predicted molar refractivity (Wildman–Crippen MR) is 90.2 cm³/mol. The van der Waals surface area contributed by atoms with Crippen LogP contribution in [0.3, 0.4) is 0 Å². The molecule has 8 nitrogen and oxygen atoms in total. The minimum Gasteiger partial charge on any atom is -0.475 e. The Balaban J connectivity index is 1.42. The van der Waals surface area contributed by atoms with Crippen LogP contribution in [0.5, 0.6) is 11.8 Å². The van der Waals surface area contributed by atoms with E-state index in [1.807, 2.05) is 0 Å². The minimum atomic E-state index is -2.74. The molecule has 0 aromatic carbocycles. The van der Waals surface area contributed by atoms with E-state index < -0.39 is 25.1 Å². The summed E-state index contributed by atoms with van der Waals surface area (Å²) in [5, 5.41) is 11.9. The van der Waals surface area contributed by atoms with Gasteiger partial charge in [-0.15, -0.1) is 0 Å². The van der Waals surface area contributed by atoms with Gasteiger partial charge in [0.15, 0.2) is 5.82 Å². The highest BCUT2D eigenvalue weighted by molar-refractivity contribution is 5.70. The highest BCUT2D eigenvalue weighted by atomic mass is 19.3. The molecule has 3 aliphatic rings. The molecule has 0 radical (unpaired) electrons. The smallest absolute Gasteiger partial charge is 0.414 e. The zero-order valence-electron chi connectivity index (χ0n) is 14.7. The van der Waals surface area contributed by atoms with Crippen LogP contribution in [0.15, 0.2) is 6.20 Å². The fourth-order valence-electron chi connectivity index (χ4n) is 2.94. The van der Waals surface area contributed by atoms with Crippen LogP contribution in [0.2, 0.25) is 0 Å². The van der Waals surface area contributed by atoms with Crippen molar-refractivity contribution in [3.8, 4) is 11.8 Å². The van der Waals surface area contributed by atoms with Gasteiger partial charge in [-0.1, -0.05) is 0 Å². The van der Waals surface area contributed by atoms with E-state index in [0.717, 1.165) is 25.7 Å². The fraction of sp³-hybridized carbons (Fsp3) is 0.706. The molecule has 10 heteroatoms. The molecule has 0 spiro atoms. The monoisotopic (exact) mass is 384 g/mol. The number of hydrogen-bond acceptors (Lipinski definition) is 7. The molecule has 0 bridgehead atoms. The number of nitrogens with zero attached hydrogens (tertiary/aromatic N) is 3. The topological polar surface area (TPSA) is 96.8 Å². The number of aliphatic hydroxyl groups excluding tert-OH is 1. The normalized spacial score (nSPS) is 22.0. The maximum Gasteiger partial charge on any atom is 0.414 e. The van der Waals surface area contributed by atoms with Crippen LogP contribution in [0.25, 0.3) is 0 Å². The Morgan fingerprint density at radius 2 is 2.11 bits per heavy atom. The second kappa shape index (κ2) is 7.06. The Kier molecular flexibility index (Phi) is 4.75. The zero-order chi connectivity index (χ0) is 19.0. The summed E-state index contributed by atoms with van der Waals surface area (Å²) < 4.78 is 37.1. The Hall–Kier alpha value is -2.23. The van der Waals surface area contributed by atoms with E-state index in [4.69, 9.17) is 9.47 Å². The van der Waals surface area contributed by atoms with Crippen LogP contribution in [0.4, 0.5) is 19.4 Å². The second-order valence-electron chi connectivity index (χ2n) is 7.46. The fourth-order valence-corrected chi connectivity index (χ4v) is 2.94. The molecule has 1 aromatic heterocycles. The highest BCUT2D eigenvalue weighted by Crippen LogP contribution is 2.37. The molecule has 27 heavy (non-hydrogen) atoms. The molecule has 2 heterocycles. The van der Waals surface area contributed by atoms with Crippen molar-refractivity contribution in [3.63, 3.8) is 0 Å². The number of nitrogens with one attached hydrogen (secondary N) is 1. The van der Waals surface area contributed by atoms with E-state index in [9.17, 15) is 18.7 Å². The number of anilines is 1. The number of rotatable bonds is 8. The highest BCUT2D eigenvalue weighted by Gasteiger charge is 2.46. The van der Waals surface area contributed by atoms with Crippen LogP contribution in [-0.2, 0) is 0 Å². The van der Waals surface area contributed by atoms with E-state index in [0.29, 0.717) is 12.5 Å². The number of carbonyl (C=O) groups is 1. The molecule has 2 aliphatic carbocycles. The lowest BCUT2D eigenvalue weighted by Gasteiger charge is -2.39. The van der Waals surface area contributed by atoms with Gasteiger partial charge in [0.2, 0.25) is 5.88 Å². The van der Waals surface area contributed by atoms with Gasteiger partial charge >= 0.3 is 6.09 Å². The molecule has 148 valence electrons. The van der Waals surface area contributed by atoms with Crippen molar-refractivity contribution in [1.29, 1.82) is 0 Å². The van der Waals surface area contributed by atoms with Crippen molar-refractivity contribution in [2.24, 2.45) is 11.8 Å². The van der Waals surface area contributed by atoms with Crippen molar-refractivity contribution in [3.05, 3.63) is 6.20 Å². The van der Waals surface area contributed by atoms with E-state index in [-0.39, 0.29) is 36.1 Å². The molecular weight excluding hydrogens is 362 g/mol. The summed E-state index contributed by atoms with van der Waals surface area (Å²) in [6, 6.07) is -0.348. The number of hydrogen-bond donors (Lipinski definition) is 2. The van der Waals surface area contributed by atoms with Crippen LogP contribution in [0, 0.1) is 11.8 Å². The van der Waals surface area contributed by atoms with Gasteiger partial charge in [-0.2, -0.15) is 4.98 Å². The molecule has 1 atom stereocenters. The first-order valence-electron chi connectivity index (χ1n) is 9.15. The van der Waals surface area contributed by atoms with E-state index in [1.165, 1.54) is 11.1 Å². The molecule has 1 saturated heterocycles.